The van der Waals surface area contributed by atoms with E-state index in [1.807, 2.05) is 19.1 Å². The molecule has 1 amide bonds. The SMILES string of the molecule is CCSc1ccccc1C(=O)Nc1ccc(F)c([N+](=O)[O-])c1. The Kier molecular flexibility index (Phi) is 5.11. The second-order valence-corrected chi connectivity index (χ2v) is 5.61. The summed E-state index contributed by atoms with van der Waals surface area (Å²) < 4.78 is 13.3. The van der Waals surface area contributed by atoms with Gasteiger partial charge in [0.05, 0.1) is 10.5 Å². The molecule has 0 fully saturated rings. The Labute approximate surface area is 130 Å². The molecule has 0 heterocycles. The van der Waals surface area contributed by atoms with Crippen LogP contribution >= 0.6 is 11.8 Å². The summed E-state index contributed by atoms with van der Waals surface area (Å²) in [6.45, 7) is 1.97. The molecule has 0 saturated heterocycles. The second kappa shape index (κ2) is 7.04. The molecule has 2 aromatic carbocycles. The smallest absolute Gasteiger partial charge is 0.306 e. The molecule has 0 aliphatic carbocycles. The number of rotatable bonds is 5. The fourth-order valence-corrected chi connectivity index (χ4v) is 2.67. The molecule has 0 atom stereocenters. The van der Waals surface area contributed by atoms with Gasteiger partial charge in [0.25, 0.3) is 5.91 Å². The lowest BCUT2D eigenvalue weighted by molar-refractivity contribution is -0.387. The predicted molar refractivity (Wildman–Crippen MR) is 83.8 cm³/mol. The van der Waals surface area contributed by atoms with Gasteiger partial charge in [-0.3, -0.25) is 14.9 Å². The van der Waals surface area contributed by atoms with E-state index in [-0.39, 0.29) is 5.69 Å². The second-order valence-electron chi connectivity index (χ2n) is 4.31. The molecule has 1 N–H and O–H groups in total. The third-order valence-corrected chi connectivity index (χ3v) is 3.79. The highest BCUT2D eigenvalue weighted by molar-refractivity contribution is 7.99. The molecule has 0 aromatic heterocycles. The van der Waals surface area contributed by atoms with Gasteiger partial charge in [-0.15, -0.1) is 11.8 Å². The molecule has 2 aromatic rings. The fraction of sp³-hybridized carbons (Fsp3) is 0.133. The molecule has 7 heteroatoms. The van der Waals surface area contributed by atoms with Crippen molar-refractivity contribution in [3.8, 4) is 0 Å². The minimum absolute atomic E-state index is 0.175. The highest BCUT2D eigenvalue weighted by Gasteiger charge is 2.16. The van der Waals surface area contributed by atoms with Gasteiger partial charge in [-0.1, -0.05) is 19.1 Å². The van der Waals surface area contributed by atoms with Crippen LogP contribution in [0.4, 0.5) is 15.8 Å². The average molecular weight is 320 g/mol. The van der Waals surface area contributed by atoms with Gasteiger partial charge >= 0.3 is 5.69 Å². The van der Waals surface area contributed by atoms with Crippen LogP contribution in [0.15, 0.2) is 47.4 Å². The molecule has 0 aliphatic heterocycles. The number of halogens is 1. The summed E-state index contributed by atoms with van der Waals surface area (Å²) in [5, 5.41) is 13.3. The maximum atomic E-state index is 13.3. The van der Waals surface area contributed by atoms with Crippen molar-refractivity contribution in [2.45, 2.75) is 11.8 Å². The maximum Gasteiger partial charge on any atom is 0.306 e. The summed E-state index contributed by atoms with van der Waals surface area (Å²) in [6.07, 6.45) is 0. The topological polar surface area (TPSA) is 72.2 Å². The molecular weight excluding hydrogens is 307 g/mol. The Balaban J connectivity index is 2.26. The summed E-state index contributed by atoms with van der Waals surface area (Å²) in [5.41, 5.74) is -0.0234. The molecule has 0 saturated carbocycles. The first-order valence-corrected chi connectivity index (χ1v) is 7.48. The number of amides is 1. The molecule has 114 valence electrons. The lowest BCUT2D eigenvalue weighted by Crippen LogP contribution is -2.13. The van der Waals surface area contributed by atoms with Gasteiger partial charge in [0, 0.05) is 16.6 Å². The predicted octanol–water partition coefficient (Wildman–Crippen LogP) is 4.10. The van der Waals surface area contributed by atoms with E-state index in [4.69, 9.17) is 0 Å². The zero-order valence-electron chi connectivity index (χ0n) is 11.7. The minimum atomic E-state index is -0.940. The minimum Gasteiger partial charge on any atom is -0.322 e. The summed E-state index contributed by atoms with van der Waals surface area (Å²) in [7, 11) is 0. The number of benzene rings is 2. The van der Waals surface area contributed by atoms with Gasteiger partial charge in [-0.05, 0) is 30.0 Å². The number of hydrogen-bond donors (Lipinski definition) is 1. The van der Waals surface area contributed by atoms with E-state index < -0.39 is 22.3 Å². The lowest BCUT2D eigenvalue weighted by atomic mass is 10.2. The fourth-order valence-electron chi connectivity index (χ4n) is 1.86. The van der Waals surface area contributed by atoms with Crippen molar-refractivity contribution in [1.29, 1.82) is 0 Å². The van der Waals surface area contributed by atoms with Crippen LogP contribution in [-0.4, -0.2) is 16.6 Å². The number of nitrogens with zero attached hydrogens (tertiary/aromatic N) is 1. The van der Waals surface area contributed by atoms with Crippen LogP contribution in [0.1, 0.15) is 17.3 Å². The van der Waals surface area contributed by atoms with Crippen LogP contribution in [0.3, 0.4) is 0 Å². The van der Waals surface area contributed by atoms with Crippen molar-refractivity contribution in [2.75, 3.05) is 11.1 Å². The van der Waals surface area contributed by atoms with Crippen molar-refractivity contribution >= 4 is 29.0 Å². The van der Waals surface area contributed by atoms with Gasteiger partial charge in [0.15, 0.2) is 0 Å². The summed E-state index contributed by atoms with van der Waals surface area (Å²) >= 11 is 1.52. The van der Waals surface area contributed by atoms with Gasteiger partial charge in [0.1, 0.15) is 0 Å². The number of anilines is 1. The van der Waals surface area contributed by atoms with E-state index in [1.165, 1.54) is 17.8 Å². The van der Waals surface area contributed by atoms with Crippen molar-refractivity contribution in [1.82, 2.24) is 0 Å². The zero-order chi connectivity index (χ0) is 16.1. The Morgan fingerprint density at radius 1 is 1.32 bits per heavy atom. The van der Waals surface area contributed by atoms with E-state index in [1.54, 1.807) is 12.1 Å². The van der Waals surface area contributed by atoms with Crippen molar-refractivity contribution in [3.63, 3.8) is 0 Å². The first-order chi connectivity index (χ1) is 10.5. The molecule has 0 radical (unpaired) electrons. The van der Waals surface area contributed by atoms with Gasteiger partial charge < -0.3 is 5.32 Å². The van der Waals surface area contributed by atoms with Crippen LogP contribution in [-0.2, 0) is 0 Å². The number of thioether (sulfide) groups is 1. The zero-order valence-corrected chi connectivity index (χ0v) is 12.5. The third-order valence-electron chi connectivity index (χ3n) is 2.83. The van der Waals surface area contributed by atoms with Crippen molar-refractivity contribution in [2.24, 2.45) is 0 Å². The lowest BCUT2D eigenvalue weighted by Gasteiger charge is -2.09. The number of nitro benzene ring substituents is 1. The van der Waals surface area contributed by atoms with Gasteiger partial charge in [-0.2, -0.15) is 4.39 Å². The number of carbonyl (C=O) groups excluding carboxylic acids is 1. The highest BCUT2D eigenvalue weighted by Crippen LogP contribution is 2.25. The van der Waals surface area contributed by atoms with E-state index in [0.29, 0.717) is 5.56 Å². The summed E-state index contributed by atoms with van der Waals surface area (Å²) in [4.78, 5) is 23.0. The largest absolute Gasteiger partial charge is 0.322 e. The van der Waals surface area contributed by atoms with E-state index in [0.717, 1.165) is 22.8 Å². The molecule has 0 unspecified atom stereocenters. The number of nitro groups is 1. The molecule has 2 rings (SSSR count). The van der Waals surface area contributed by atoms with Gasteiger partial charge in [-0.25, -0.2) is 0 Å². The normalized spacial score (nSPS) is 10.3. The average Bonchev–Trinajstić information content (AvgIpc) is 2.49. The van der Waals surface area contributed by atoms with Crippen LogP contribution in [0, 0.1) is 15.9 Å². The number of nitrogens with one attached hydrogen (secondary N) is 1. The third kappa shape index (κ3) is 3.62. The number of carbonyl (C=O) groups is 1. The van der Waals surface area contributed by atoms with Crippen LogP contribution in [0.2, 0.25) is 0 Å². The molecule has 0 bridgehead atoms. The van der Waals surface area contributed by atoms with Crippen molar-refractivity contribution < 1.29 is 14.1 Å². The van der Waals surface area contributed by atoms with E-state index in [2.05, 4.69) is 5.32 Å². The Morgan fingerprint density at radius 3 is 2.73 bits per heavy atom. The van der Waals surface area contributed by atoms with Crippen LogP contribution in [0.25, 0.3) is 0 Å². The summed E-state index contributed by atoms with van der Waals surface area (Å²) in [6, 6.07) is 10.3. The monoisotopic (exact) mass is 320 g/mol. The molecule has 0 aliphatic rings. The summed E-state index contributed by atoms with van der Waals surface area (Å²) in [5.74, 6) is -0.519. The van der Waals surface area contributed by atoms with E-state index in [9.17, 15) is 19.3 Å². The maximum absolute atomic E-state index is 13.3. The van der Waals surface area contributed by atoms with Gasteiger partial charge in [0.2, 0.25) is 5.82 Å². The van der Waals surface area contributed by atoms with Crippen LogP contribution in [0.5, 0.6) is 0 Å². The Morgan fingerprint density at radius 2 is 2.05 bits per heavy atom. The highest BCUT2D eigenvalue weighted by atomic mass is 32.2. The standard InChI is InChI=1S/C15H13FN2O3S/c1-2-22-14-6-4-3-5-11(14)15(19)17-10-7-8-12(16)13(9-10)18(20)21/h3-9H,2H2,1H3,(H,17,19). The molecule has 22 heavy (non-hydrogen) atoms. The Hall–Kier alpha value is -2.41. The Bertz CT molecular complexity index is 722. The molecular formula is C15H13FN2O3S. The first-order valence-electron chi connectivity index (χ1n) is 6.50. The number of hydrogen-bond acceptors (Lipinski definition) is 4. The molecule has 5 nitrogen and oxygen atoms in total. The first kappa shape index (κ1) is 16.0. The van der Waals surface area contributed by atoms with E-state index >= 15 is 0 Å². The quantitative estimate of drug-likeness (QED) is 0.511. The van der Waals surface area contributed by atoms with Crippen LogP contribution < -0.4 is 5.32 Å². The molecule has 0 spiro atoms. The van der Waals surface area contributed by atoms with Crippen molar-refractivity contribution in [3.05, 3.63) is 64.0 Å².